The van der Waals surface area contributed by atoms with E-state index in [1.165, 1.54) is 66.4 Å². The van der Waals surface area contributed by atoms with Crippen LogP contribution in [0.15, 0.2) is 231 Å². The van der Waals surface area contributed by atoms with E-state index in [0.717, 1.165) is 60.7 Å². The van der Waals surface area contributed by atoms with Crippen LogP contribution in [0.5, 0.6) is 11.5 Å². The third-order valence-corrected chi connectivity index (χ3v) is 15.5. The Balaban J connectivity index is 0.00000473. The van der Waals surface area contributed by atoms with Gasteiger partial charge in [0.15, 0.2) is 0 Å². The first kappa shape index (κ1) is 42.0. The summed E-state index contributed by atoms with van der Waals surface area (Å²) in [5.41, 5.74) is 16.6. The summed E-state index contributed by atoms with van der Waals surface area (Å²) in [6, 6.07) is 88.5. The molecule has 0 N–H and O–H groups in total. The van der Waals surface area contributed by atoms with Crippen LogP contribution in [0.25, 0.3) is 82.0 Å². The fourth-order valence-corrected chi connectivity index (χ4v) is 12.7. The molecule has 0 amide bonds. The predicted molar refractivity (Wildman–Crippen MR) is 293 cm³/mol. The summed E-state index contributed by atoms with van der Waals surface area (Å²) < 4.78 is 9.17. The minimum atomic E-state index is -0.550. The van der Waals surface area contributed by atoms with E-state index in [2.05, 4.69) is 239 Å². The average molecular weight is 1110 g/mol. The van der Waals surface area contributed by atoms with Gasteiger partial charge in [0.1, 0.15) is 5.65 Å². The summed E-state index contributed by atoms with van der Waals surface area (Å²) in [7, 11) is 0. The number of ether oxygens (including phenoxy) is 1. The molecule has 0 fully saturated rings. The summed E-state index contributed by atoms with van der Waals surface area (Å²) in [5.74, 6) is 1.18. The van der Waals surface area contributed by atoms with Gasteiger partial charge in [0.2, 0.25) is 0 Å². The molecule has 0 bridgehead atoms. The maximum absolute atomic E-state index is 6.88. The predicted octanol–water partition coefficient (Wildman–Crippen LogP) is 16.8. The second kappa shape index (κ2) is 15.9. The summed E-state index contributed by atoms with van der Waals surface area (Å²) >= 11 is 0. The molecule has 16 rings (SSSR count). The van der Waals surface area contributed by atoms with Gasteiger partial charge in [-0.25, -0.2) is 4.98 Å². The van der Waals surface area contributed by atoms with Crippen molar-refractivity contribution in [1.29, 1.82) is 0 Å². The van der Waals surface area contributed by atoms with Gasteiger partial charge in [-0.3, -0.25) is 0 Å². The molecule has 0 radical (unpaired) electrons. The molecule has 2 aliphatic heterocycles. The van der Waals surface area contributed by atoms with Gasteiger partial charge >= 0.3 is 0 Å². The molecular formula is C67H39N4OPt-3. The summed E-state index contributed by atoms with van der Waals surface area (Å²) in [5, 5.41) is 9.05. The van der Waals surface area contributed by atoms with E-state index >= 15 is 0 Å². The van der Waals surface area contributed by atoms with Gasteiger partial charge in [0.05, 0.1) is 5.41 Å². The zero-order valence-corrected chi connectivity index (χ0v) is 41.3. The monoisotopic (exact) mass is 1110 g/mol. The van der Waals surface area contributed by atoms with E-state index in [4.69, 9.17) is 9.72 Å². The Morgan fingerprint density at radius 1 is 0.411 bits per heavy atom. The minimum Gasteiger partial charge on any atom is -0.509 e. The van der Waals surface area contributed by atoms with Gasteiger partial charge in [-0.2, -0.15) is 12.1 Å². The Kier molecular flexibility index (Phi) is 9.12. The van der Waals surface area contributed by atoms with Gasteiger partial charge < -0.3 is 18.9 Å². The van der Waals surface area contributed by atoms with Crippen LogP contribution < -0.4 is 14.5 Å². The average Bonchev–Trinajstić information content (AvgIpc) is 4.10. The molecule has 0 saturated carbocycles. The first-order chi connectivity index (χ1) is 35.7. The molecule has 1 aliphatic carbocycles. The summed E-state index contributed by atoms with van der Waals surface area (Å²) in [6.07, 6.45) is 1.89. The zero-order chi connectivity index (χ0) is 47.1. The largest absolute Gasteiger partial charge is 0.509 e. The second-order valence-electron chi connectivity index (χ2n) is 19.0. The molecule has 73 heavy (non-hydrogen) atoms. The fraction of sp³-hybridized carbons (Fsp3) is 0.0149. The molecule has 10 aromatic carbocycles. The van der Waals surface area contributed by atoms with E-state index in [0.29, 0.717) is 11.5 Å². The quantitative estimate of drug-likeness (QED) is 0.164. The Morgan fingerprint density at radius 2 is 0.959 bits per heavy atom. The number of nitrogens with zero attached hydrogens (tertiary/aromatic N) is 4. The summed E-state index contributed by atoms with van der Waals surface area (Å²) in [4.78, 5) is 9.84. The van der Waals surface area contributed by atoms with Gasteiger partial charge in [-0.15, -0.1) is 48.1 Å². The van der Waals surface area contributed by atoms with E-state index < -0.39 is 5.41 Å². The fourth-order valence-electron chi connectivity index (χ4n) is 12.7. The Hall–Kier alpha value is -8.76. The summed E-state index contributed by atoms with van der Waals surface area (Å²) in [6.45, 7) is 2.25. The number of aromatic nitrogens is 2. The second-order valence-corrected chi connectivity index (χ2v) is 19.0. The third-order valence-electron chi connectivity index (χ3n) is 15.5. The van der Waals surface area contributed by atoms with Crippen molar-refractivity contribution in [3.63, 3.8) is 0 Å². The van der Waals surface area contributed by atoms with Crippen molar-refractivity contribution in [2.45, 2.75) is 5.41 Å². The van der Waals surface area contributed by atoms with Crippen LogP contribution in [0.1, 0.15) is 22.3 Å². The molecule has 1 spiro atoms. The molecular weight excluding hydrogens is 1070 g/mol. The standard InChI is InChI=1S/C67H39N4O.Pt/c1-2-17-42(18-3-1)46-27-14-33-59-64(46)70-41-69(61-35-15-34-60(65(61)70)67(59)57-31-10-8-25-51(57)52-26-9-11-32-58(52)67)43-19-12-20-44(39-43)72-45-36-37-53-55-29-13-28-54-49-23-6-4-21-47(49)48-22-5-7-24-50(48)56-30-16-38-68-66(56)71(63(54)55)62(53)40-45;/h1-38,41H;/q-3;. The topological polar surface area (TPSA) is 33.0 Å². The van der Waals surface area contributed by atoms with Crippen LogP contribution in [-0.4, -0.2) is 9.38 Å². The van der Waals surface area contributed by atoms with Crippen molar-refractivity contribution >= 4 is 82.5 Å². The number of hydrogen-bond acceptors (Lipinski definition) is 4. The molecule has 5 nitrogen and oxygen atoms in total. The number of anilines is 4. The third kappa shape index (κ3) is 5.74. The molecule has 3 aromatic heterocycles. The molecule has 13 aromatic rings. The Bertz CT molecular complexity index is 4460. The van der Waals surface area contributed by atoms with Crippen LogP contribution in [-0.2, 0) is 26.5 Å². The minimum absolute atomic E-state index is 0. The van der Waals surface area contributed by atoms with Gasteiger partial charge in [0.25, 0.3) is 0 Å². The Morgan fingerprint density at radius 3 is 1.71 bits per heavy atom. The van der Waals surface area contributed by atoms with Crippen molar-refractivity contribution in [2.75, 3.05) is 9.80 Å². The molecule has 0 atom stereocenters. The van der Waals surface area contributed by atoms with Gasteiger partial charge in [-0.05, 0) is 84.1 Å². The maximum atomic E-state index is 6.88. The van der Waals surface area contributed by atoms with Crippen LogP contribution in [0.2, 0.25) is 0 Å². The number of hydrogen-bond donors (Lipinski definition) is 0. The van der Waals surface area contributed by atoms with Gasteiger partial charge in [-0.1, -0.05) is 181 Å². The van der Waals surface area contributed by atoms with Crippen molar-refractivity contribution in [2.24, 2.45) is 0 Å². The zero-order valence-electron chi connectivity index (χ0n) is 39.0. The molecule has 3 aliphatic rings. The molecule has 0 saturated heterocycles. The smallest absolute Gasteiger partial charge is 0.143 e. The van der Waals surface area contributed by atoms with Crippen LogP contribution in [0.4, 0.5) is 22.7 Å². The van der Waals surface area contributed by atoms with E-state index in [1.54, 1.807) is 0 Å². The van der Waals surface area contributed by atoms with Crippen molar-refractivity contribution in [3.8, 4) is 33.8 Å². The molecule has 0 unspecified atom stereocenters. The maximum Gasteiger partial charge on any atom is 0.143 e. The first-order valence-electron chi connectivity index (χ1n) is 24.5. The number of para-hydroxylation sites is 3. The number of rotatable bonds is 4. The van der Waals surface area contributed by atoms with Crippen molar-refractivity contribution in [1.82, 2.24) is 9.38 Å². The van der Waals surface area contributed by atoms with E-state index in [-0.39, 0.29) is 21.1 Å². The van der Waals surface area contributed by atoms with Gasteiger partial charge in [0, 0.05) is 77.7 Å². The van der Waals surface area contributed by atoms with Crippen LogP contribution in [0, 0.1) is 18.8 Å². The van der Waals surface area contributed by atoms with Crippen molar-refractivity contribution in [3.05, 3.63) is 272 Å². The molecule has 6 heteroatoms. The number of fused-ring (bicyclic) bond motifs is 19. The normalized spacial score (nSPS) is 13.6. The van der Waals surface area contributed by atoms with Crippen LogP contribution >= 0.6 is 0 Å². The number of benzene rings is 10. The SMILES string of the molecule is [Pt].[c-]1c(Oc2[c-]c3c(cc2)c2cccc4c5ccccc5c5ccccc5c5cccnc5n3c42)cccc1N1[CH-]N2c3c(-c4ccccc4)cccc3C3(c4ccccc4-c4ccccc43)c3cccc1c32. The van der Waals surface area contributed by atoms with Crippen LogP contribution in [0.3, 0.4) is 0 Å². The molecule has 346 valence electrons. The van der Waals surface area contributed by atoms with E-state index in [9.17, 15) is 0 Å². The number of pyridine rings is 1. The van der Waals surface area contributed by atoms with E-state index in [1.807, 2.05) is 24.4 Å². The first-order valence-corrected chi connectivity index (χ1v) is 24.5. The molecule has 5 heterocycles. The Labute approximate surface area is 435 Å². The van der Waals surface area contributed by atoms with Crippen molar-refractivity contribution < 1.29 is 25.8 Å².